The third kappa shape index (κ3) is 3.77. The normalized spacial score (nSPS) is 14.1. The molecule has 0 radical (unpaired) electrons. The van der Waals surface area contributed by atoms with Gasteiger partial charge in [0.25, 0.3) is 0 Å². The maximum absolute atomic E-state index is 10.9. The van der Waals surface area contributed by atoms with Crippen molar-refractivity contribution in [1.29, 1.82) is 0 Å². The molecule has 3 N–H and O–H groups in total. The SMILES string of the molecule is COC(=O)CC(O)C(O)c1cncc(CO)c1. The second-order valence-electron chi connectivity index (χ2n) is 3.58. The van der Waals surface area contributed by atoms with E-state index in [2.05, 4.69) is 9.72 Å². The van der Waals surface area contributed by atoms with Crippen molar-refractivity contribution in [1.82, 2.24) is 4.98 Å². The number of hydrogen-bond acceptors (Lipinski definition) is 6. The molecule has 1 rings (SSSR count). The number of nitrogens with zero attached hydrogens (tertiary/aromatic N) is 1. The maximum Gasteiger partial charge on any atom is 0.308 e. The van der Waals surface area contributed by atoms with Crippen LogP contribution in [-0.2, 0) is 16.1 Å². The number of carbonyl (C=O) groups is 1. The zero-order valence-electron chi connectivity index (χ0n) is 9.41. The molecule has 1 aromatic heterocycles. The molecule has 0 saturated carbocycles. The molecule has 1 aromatic rings. The Balaban J connectivity index is 2.73. The lowest BCUT2D eigenvalue weighted by atomic mass is 10.0. The first-order chi connectivity index (χ1) is 8.08. The van der Waals surface area contributed by atoms with E-state index in [1.54, 1.807) is 0 Å². The number of ether oxygens (including phenoxy) is 1. The fraction of sp³-hybridized carbons (Fsp3) is 0.455. The van der Waals surface area contributed by atoms with Crippen molar-refractivity contribution < 1.29 is 24.9 Å². The van der Waals surface area contributed by atoms with Gasteiger partial charge in [0.1, 0.15) is 6.10 Å². The number of carbonyl (C=O) groups excluding carboxylic acids is 1. The van der Waals surface area contributed by atoms with Gasteiger partial charge in [-0.2, -0.15) is 0 Å². The molecular formula is C11H15NO5. The van der Waals surface area contributed by atoms with Crippen LogP contribution >= 0.6 is 0 Å². The molecular weight excluding hydrogens is 226 g/mol. The quantitative estimate of drug-likeness (QED) is 0.603. The van der Waals surface area contributed by atoms with E-state index in [-0.39, 0.29) is 13.0 Å². The summed E-state index contributed by atoms with van der Waals surface area (Å²) >= 11 is 0. The second-order valence-corrected chi connectivity index (χ2v) is 3.58. The molecule has 0 fully saturated rings. The Morgan fingerprint density at radius 2 is 2.18 bits per heavy atom. The van der Waals surface area contributed by atoms with E-state index in [0.29, 0.717) is 11.1 Å². The summed E-state index contributed by atoms with van der Waals surface area (Å²) in [7, 11) is 1.20. The van der Waals surface area contributed by atoms with E-state index in [0.717, 1.165) is 0 Å². The van der Waals surface area contributed by atoms with Crippen LogP contribution in [0.1, 0.15) is 23.7 Å². The van der Waals surface area contributed by atoms with Gasteiger partial charge in [-0.15, -0.1) is 0 Å². The molecule has 0 aromatic carbocycles. The standard InChI is InChI=1S/C11H15NO5/c1-17-10(15)3-9(14)11(16)8-2-7(6-13)4-12-5-8/h2,4-5,9,11,13-14,16H,3,6H2,1H3. The number of rotatable bonds is 5. The lowest BCUT2D eigenvalue weighted by molar-refractivity contribution is -0.144. The highest BCUT2D eigenvalue weighted by molar-refractivity contribution is 5.69. The van der Waals surface area contributed by atoms with Gasteiger partial charge in [-0.3, -0.25) is 9.78 Å². The highest BCUT2D eigenvalue weighted by atomic mass is 16.5. The second kappa shape index (κ2) is 6.29. The van der Waals surface area contributed by atoms with Gasteiger partial charge in [-0.25, -0.2) is 0 Å². The van der Waals surface area contributed by atoms with E-state index in [9.17, 15) is 15.0 Å². The molecule has 2 unspecified atom stereocenters. The summed E-state index contributed by atoms with van der Waals surface area (Å²) in [5, 5.41) is 28.3. The monoisotopic (exact) mass is 241 g/mol. The van der Waals surface area contributed by atoms with Crippen LogP contribution in [-0.4, -0.2) is 39.5 Å². The van der Waals surface area contributed by atoms with Crippen LogP contribution in [0, 0.1) is 0 Å². The van der Waals surface area contributed by atoms with Gasteiger partial charge in [0.2, 0.25) is 0 Å². The number of aliphatic hydroxyl groups excluding tert-OH is 3. The summed E-state index contributed by atoms with van der Waals surface area (Å²) in [6, 6.07) is 1.51. The zero-order chi connectivity index (χ0) is 12.8. The first-order valence-electron chi connectivity index (χ1n) is 5.06. The molecule has 2 atom stereocenters. The van der Waals surface area contributed by atoms with Gasteiger partial charge < -0.3 is 20.1 Å². The minimum atomic E-state index is -1.27. The third-order valence-electron chi connectivity index (χ3n) is 2.31. The summed E-state index contributed by atoms with van der Waals surface area (Å²) in [5.41, 5.74) is 0.861. The van der Waals surface area contributed by atoms with Crippen molar-refractivity contribution in [3.05, 3.63) is 29.6 Å². The molecule has 0 amide bonds. The van der Waals surface area contributed by atoms with Gasteiger partial charge in [-0.1, -0.05) is 0 Å². The van der Waals surface area contributed by atoms with E-state index < -0.39 is 18.2 Å². The molecule has 0 aliphatic rings. The maximum atomic E-state index is 10.9. The molecule has 0 bridgehead atoms. The lowest BCUT2D eigenvalue weighted by Crippen LogP contribution is -2.22. The van der Waals surface area contributed by atoms with E-state index in [1.807, 2.05) is 0 Å². The molecule has 1 heterocycles. The molecule has 17 heavy (non-hydrogen) atoms. The number of aromatic nitrogens is 1. The smallest absolute Gasteiger partial charge is 0.308 e. The average Bonchev–Trinajstić information content (AvgIpc) is 2.37. The molecule has 94 valence electrons. The Morgan fingerprint density at radius 1 is 1.47 bits per heavy atom. The summed E-state index contributed by atoms with van der Waals surface area (Å²) < 4.78 is 4.39. The number of aliphatic hydroxyl groups is 3. The molecule has 0 saturated heterocycles. The summed E-state index contributed by atoms with van der Waals surface area (Å²) in [4.78, 5) is 14.7. The molecule has 0 aliphatic heterocycles. The largest absolute Gasteiger partial charge is 0.469 e. The highest BCUT2D eigenvalue weighted by Gasteiger charge is 2.22. The topological polar surface area (TPSA) is 99.9 Å². The first kappa shape index (κ1) is 13.6. The van der Waals surface area contributed by atoms with Crippen LogP contribution in [0.25, 0.3) is 0 Å². The van der Waals surface area contributed by atoms with Crippen LogP contribution in [0.2, 0.25) is 0 Å². The molecule has 6 heteroatoms. The average molecular weight is 241 g/mol. The van der Waals surface area contributed by atoms with Crippen LogP contribution < -0.4 is 0 Å². The van der Waals surface area contributed by atoms with Gasteiger partial charge >= 0.3 is 5.97 Å². The van der Waals surface area contributed by atoms with Crippen molar-refractivity contribution in [3.63, 3.8) is 0 Å². The molecule has 0 aliphatic carbocycles. The number of methoxy groups -OCH3 is 1. The van der Waals surface area contributed by atoms with Gasteiger partial charge in [0, 0.05) is 18.0 Å². The van der Waals surface area contributed by atoms with Gasteiger partial charge in [0.05, 0.1) is 26.2 Å². The van der Waals surface area contributed by atoms with Crippen LogP contribution in [0.3, 0.4) is 0 Å². The van der Waals surface area contributed by atoms with Gasteiger partial charge in [-0.05, 0) is 11.6 Å². The fourth-order valence-corrected chi connectivity index (χ4v) is 1.34. The van der Waals surface area contributed by atoms with E-state index in [1.165, 1.54) is 25.6 Å². The van der Waals surface area contributed by atoms with Crippen molar-refractivity contribution in [2.45, 2.75) is 25.2 Å². The Morgan fingerprint density at radius 3 is 2.76 bits per heavy atom. The summed E-state index contributed by atoms with van der Waals surface area (Å²) in [6.45, 7) is -0.208. The molecule has 6 nitrogen and oxygen atoms in total. The fourth-order valence-electron chi connectivity index (χ4n) is 1.34. The lowest BCUT2D eigenvalue weighted by Gasteiger charge is -2.17. The third-order valence-corrected chi connectivity index (χ3v) is 2.31. The summed E-state index contributed by atoms with van der Waals surface area (Å²) in [6.07, 6.45) is 0.000125. The Kier molecular flexibility index (Phi) is 5.02. The van der Waals surface area contributed by atoms with E-state index in [4.69, 9.17) is 5.11 Å². The van der Waals surface area contributed by atoms with Crippen molar-refractivity contribution in [2.24, 2.45) is 0 Å². The minimum Gasteiger partial charge on any atom is -0.469 e. The van der Waals surface area contributed by atoms with Gasteiger partial charge in [0.15, 0.2) is 0 Å². The predicted octanol–water partition coefficient (Wildman–Crippen LogP) is -0.469. The first-order valence-corrected chi connectivity index (χ1v) is 5.06. The van der Waals surface area contributed by atoms with Crippen LogP contribution in [0.5, 0.6) is 0 Å². The van der Waals surface area contributed by atoms with Crippen LogP contribution in [0.4, 0.5) is 0 Å². The number of esters is 1. The van der Waals surface area contributed by atoms with Crippen molar-refractivity contribution >= 4 is 5.97 Å². The van der Waals surface area contributed by atoms with Crippen LogP contribution in [0.15, 0.2) is 18.5 Å². The Bertz CT molecular complexity index is 382. The minimum absolute atomic E-state index is 0.208. The zero-order valence-corrected chi connectivity index (χ0v) is 9.41. The van der Waals surface area contributed by atoms with Crippen molar-refractivity contribution in [3.8, 4) is 0 Å². The highest BCUT2D eigenvalue weighted by Crippen LogP contribution is 2.19. The summed E-state index contributed by atoms with van der Waals surface area (Å²) in [5.74, 6) is -0.608. The van der Waals surface area contributed by atoms with Crippen molar-refractivity contribution in [2.75, 3.05) is 7.11 Å². The Hall–Kier alpha value is -1.50. The Labute approximate surface area is 98.5 Å². The van der Waals surface area contributed by atoms with E-state index >= 15 is 0 Å². The molecule has 0 spiro atoms. The number of pyridine rings is 1. The predicted molar refractivity (Wildman–Crippen MR) is 57.8 cm³/mol. The number of hydrogen-bond donors (Lipinski definition) is 3.